The van der Waals surface area contributed by atoms with Gasteiger partial charge in [0.2, 0.25) is 0 Å². The number of halogens is 4. The van der Waals surface area contributed by atoms with Gasteiger partial charge in [-0.05, 0) is 18.6 Å². The second-order valence-electron chi connectivity index (χ2n) is 2.72. The molecule has 0 saturated heterocycles. The van der Waals surface area contributed by atoms with Crippen molar-refractivity contribution in [1.82, 2.24) is 0 Å². The quantitative estimate of drug-likeness (QED) is 0.621. The van der Waals surface area contributed by atoms with Gasteiger partial charge in [0, 0.05) is 6.54 Å². The molecule has 0 amide bonds. The van der Waals surface area contributed by atoms with Gasteiger partial charge in [0.1, 0.15) is 0 Å². The van der Waals surface area contributed by atoms with Gasteiger partial charge in [0.05, 0.1) is 27.4 Å². The Morgan fingerprint density at radius 2 is 1.71 bits per heavy atom. The molecule has 14 heavy (non-hydrogen) atoms. The Balaban J connectivity index is 2.72. The Labute approximate surface area is 97.2 Å². The summed E-state index contributed by atoms with van der Waals surface area (Å²) >= 11 is 17.4. The van der Waals surface area contributed by atoms with Crippen molar-refractivity contribution in [3.8, 4) is 0 Å². The van der Waals surface area contributed by atoms with Crippen LogP contribution in [0.25, 0.3) is 0 Å². The van der Waals surface area contributed by atoms with E-state index in [9.17, 15) is 4.39 Å². The Kier molecular flexibility index (Phi) is 4.79. The van der Waals surface area contributed by atoms with Crippen molar-refractivity contribution < 1.29 is 4.39 Å². The molecule has 5 heteroatoms. The summed E-state index contributed by atoms with van der Waals surface area (Å²) in [6.07, 6.45) is 0.441. The van der Waals surface area contributed by atoms with Gasteiger partial charge in [0.25, 0.3) is 0 Å². The molecule has 1 rings (SSSR count). The van der Waals surface area contributed by atoms with Gasteiger partial charge in [-0.3, -0.25) is 4.39 Å². The lowest BCUT2D eigenvalue weighted by Crippen LogP contribution is -2.02. The van der Waals surface area contributed by atoms with Crippen molar-refractivity contribution in [2.75, 3.05) is 18.5 Å². The highest BCUT2D eigenvalue weighted by Crippen LogP contribution is 2.32. The zero-order chi connectivity index (χ0) is 10.6. The van der Waals surface area contributed by atoms with Gasteiger partial charge in [-0.1, -0.05) is 34.8 Å². The number of hydrogen-bond donors (Lipinski definition) is 1. The van der Waals surface area contributed by atoms with E-state index in [0.717, 1.165) is 0 Å². The molecule has 0 heterocycles. The molecule has 0 atom stereocenters. The number of alkyl halides is 1. The standard InChI is InChI=1S/C9H9Cl3FN/c10-6-4-8(12)9(5-7(6)11)14-3-1-2-13/h4-5,14H,1-3H2. The molecule has 1 N–H and O–H groups in total. The third-order valence-electron chi connectivity index (χ3n) is 1.64. The molecule has 0 saturated carbocycles. The maximum atomic E-state index is 11.8. The van der Waals surface area contributed by atoms with Crippen molar-refractivity contribution in [1.29, 1.82) is 0 Å². The van der Waals surface area contributed by atoms with Crippen LogP contribution < -0.4 is 5.32 Å². The second kappa shape index (κ2) is 5.64. The molecule has 1 aromatic rings. The average molecular weight is 257 g/mol. The fourth-order valence-electron chi connectivity index (χ4n) is 0.948. The van der Waals surface area contributed by atoms with E-state index in [1.54, 1.807) is 12.1 Å². The molecule has 0 aliphatic rings. The Morgan fingerprint density at radius 3 is 2.36 bits per heavy atom. The van der Waals surface area contributed by atoms with E-state index in [0.29, 0.717) is 33.7 Å². The first-order valence-corrected chi connectivity index (χ1v) is 5.23. The summed E-state index contributed by atoms with van der Waals surface area (Å²) in [7, 11) is 0. The van der Waals surface area contributed by atoms with E-state index in [1.165, 1.54) is 0 Å². The van der Waals surface area contributed by atoms with E-state index < -0.39 is 0 Å². The summed E-state index contributed by atoms with van der Waals surface area (Å²) in [6, 6.07) is 3.19. The Hall–Kier alpha value is -0.180. The lowest BCUT2D eigenvalue weighted by Gasteiger charge is -2.08. The van der Waals surface area contributed by atoms with Crippen LogP contribution in [-0.4, -0.2) is 13.2 Å². The first-order chi connectivity index (χ1) is 6.65. The molecular weight excluding hydrogens is 247 g/mol. The summed E-state index contributed by atoms with van der Waals surface area (Å²) in [4.78, 5) is 0. The zero-order valence-electron chi connectivity index (χ0n) is 7.29. The van der Waals surface area contributed by atoms with Crippen LogP contribution in [-0.2, 0) is 0 Å². The normalized spacial score (nSPS) is 10.3. The molecule has 0 radical (unpaired) electrons. The molecule has 0 fully saturated rings. The SMILES string of the molecule is FCCCNc1cc(Cl)c(Cl)cc1Cl. The van der Waals surface area contributed by atoms with Crippen LogP contribution >= 0.6 is 34.8 Å². The monoisotopic (exact) mass is 255 g/mol. The largest absolute Gasteiger partial charge is 0.384 e. The summed E-state index contributed by atoms with van der Waals surface area (Å²) in [5, 5.41) is 4.29. The van der Waals surface area contributed by atoms with E-state index in [-0.39, 0.29) is 6.67 Å². The maximum Gasteiger partial charge on any atom is 0.0911 e. The lowest BCUT2D eigenvalue weighted by atomic mass is 10.3. The summed E-state index contributed by atoms with van der Waals surface area (Å²) in [5.41, 5.74) is 0.675. The minimum Gasteiger partial charge on any atom is -0.384 e. The van der Waals surface area contributed by atoms with Crippen LogP contribution in [0.2, 0.25) is 15.1 Å². The smallest absolute Gasteiger partial charge is 0.0911 e. The molecule has 0 aromatic heterocycles. The van der Waals surface area contributed by atoms with Crippen LogP contribution in [0.15, 0.2) is 12.1 Å². The molecule has 0 bridgehead atoms. The highest BCUT2D eigenvalue weighted by atomic mass is 35.5. The van der Waals surface area contributed by atoms with Gasteiger partial charge in [-0.25, -0.2) is 0 Å². The number of nitrogens with one attached hydrogen (secondary N) is 1. The van der Waals surface area contributed by atoms with E-state index in [4.69, 9.17) is 34.8 Å². The number of hydrogen-bond acceptors (Lipinski definition) is 1. The molecular formula is C9H9Cl3FN. The predicted octanol–water partition coefficient (Wildman–Crippen LogP) is 4.42. The summed E-state index contributed by atoms with van der Waals surface area (Å²) in [5.74, 6) is 0. The highest BCUT2D eigenvalue weighted by Gasteiger charge is 2.04. The second-order valence-corrected chi connectivity index (χ2v) is 3.94. The van der Waals surface area contributed by atoms with Crippen LogP contribution in [0.3, 0.4) is 0 Å². The molecule has 1 aromatic carbocycles. The number of anilines is 1. The topological polar surface area (TPSA) is 12.0 Å². The van der Waals surface area contributed by atoms with Crippen molar-refractivity contribution in [3.63, 3.8) is 0 Å². The average Bonchev–Trinajstić information content (AvgIpc) is 2.14. The molecule has 1 nitrogen and oxygen atoms in total. The third kappa shape index (κ3) is 3.19. The Bertz CT molecular complexity index is 317. The molecule has 0 spiro atoms. The third-order valence-corrected chi connectivity index (χ3v) is 2.67. The van der Waals surface area contributed by atoms with E-state index in [1.807, 2.05) is 0 Å². The van der Waals surface area contributed by atoms with Crippen molar-refractivity contribution in [2.24, 2.45) is 0 Å². The predicted molar refractivity (Wildman–Crippen MR) is 60.6 cm³/mol. The van der Waals surface area contributed by atoms with Crippen LogP contribution in [0.1, 0.15) is 6.42 Å². The van der Waals surface area contributed by atoms with Gasteiger partial charge < -0.3 is 5.32 Å². The fourth-order valence-corrected chi connectivity index (χ4v) is 1.56. The maximum absolute atomic E-state index is 11.8. The lowest BCUT2D eigenvalue weighted by molar-refractivity contribution is 0.481. The van der Waals surface area contributed by atoms with E-state index >= 15 is 0 Å². The van der Waals surface area contributed by atoms with Gasteiger partial charge in [-0.15, -0.1) is 0 Å². The molecule has 0 aliphatic carbocycles. The van der Waals surface area contributed by atoms with Crippen molar-refractivity contribution in [3.05, 3.63) is 27.2 Å². The van der Waals surface area contributed by atoms with Crippen LogP contribution in [0.4, 0.5) is 10.1 Å². The van der Waals surface area contributed by atoms with Gasteiger partial charge >= 0.3 is 0 Å². The van der Waals surface area contributed by atoms with E-state index in [2.05, 4.69) is 5.32 Å². The highest BCUT2D eigenvalue weighted by molar-refractivity contribution is 6.44. The van der Waals surface area contributed by atoms with Crippen LogP contribution in [0, 0.1) is 0 Å². The first-order valence-electron chi connectivity index (χ1n) is 4.09. The molecule has 0 aliphatic heterocycles. The first kappa shape index (κ1) is 11.9. The Morgan fingerprint density at radius 1 is 1.07 bits per heavy atom. The van der Waals surface area contributed by atoms with Gasteiger partial charge in [0.15, 0.2) is 0 Å². The molecule has 0 unspecified atom stereocenters. The summed E-state index contributed by atoms with van der Waals surface area (Å²) < 4.78 is 11.8. The van der Waals surface area contributed by atoms with Crippen molar-refractivity contribution in [2.45, 2.75) is 6.42 Å². The van der Waals surface area contributed by atoms with Crippen molar-refractivity contribution >= 4 is 40.5 Å². The van der Waals surface area contributed by atoms with Gasteiger partial charge in [-0.2, -0.15) is 0 Å². The minimum atomic E-state index is -0.355. The van der Waals surface area contributed by atoms with Crippen LogP contribution in [0.5, 0.6) is 0 Å². The molecule has 78 valence electrons. The summed E-state index contributed by atoms with van der Waals surface area (Å²) in [6.45, 7) is 0.167. The zero-order valence-corrected chi connectivity index (χ0v) is 9.56. The number of rotatable bonds is 4. The number of benzene rings is 1. The minimum absolute atomic E-state index is 0.355. The fraction of sp³-hybridized carbons (Fsp3) is 0.333.